The van der Waals surface area contributed by atoms with Crippen LogP contribution in [0.3, 0.4) is 0 Å². The Morgan fingerprint density at radius 1 is 1.04 bits per heavy atom. The van der Waals surface area contributed by atoms with Gasteiger partial charge in [-0.05, 0) is 24.6 Å². The molecule has 2 aromatic carbocycles. The third kappa shape index (κ3) is 3.51. The molecule has 6 heteroatoms. The van der Waals surface area contributed by atoms with E-state index < -0.39 is 0 Å². The van der Waals surface area contributed by atoms with Gasteiger partial charge in [0.25, 0.3) is 5.91 Å². The number of aromatic nitrogens is 2. The van der Waals surface area contributed by atoms with Gasteiger partial charge in [-0.2, -0.15) is 5.10 Å². The second-order valence-corrected chi connectivity index (χ2v) is 6.87. The summed E-state index contributed by atoms with van der Waals surface area (Å²) in [6, 6.07) is 17.7. The summed E-state index contributed by atoms with van der Waals surface area (Å²) in [6.45, 7) is 4.87. The van der Waals surface area contributed by atoms with Crippen LogP contribution in [0.1, 0.15) is 16.1 Å². The minimum Gasteiger partial charge on any atom is -0.378 e. The summed E-state index contributed by atoms with van der Waals surface area (Å²) in [4.78, 5) is 15.4. The zero-order valence-electron chi connectivity index (χ0n) is 16.2. The minimum atomic E-state index is -0.137. The molecule has 1 aromatic heterocycles. The van der Waals surface area contributed by atoms with E-state index in [9.17, 15) is 4.79 Å². The van der Waals surface area contributed by atoms with Gasteiger partial charge in [0, 0.05) is 31.4 Å². The van der Waals surface area contributed by atoms with E-state index in [1.165, 1.54) is 0 Å². The van der Waals surface area contributed by atoms with Gasteiger partial charge >= 0.3 is 0 Å². The first-order chi connectivity index (χ1) is 13.6. The summed E-state index contributed by atoms with van der Waals surface area (Å²) in [5.74, 6) is 0.563. The van der Waals surface area contributed by atoms with Crippen molar-refractivity contribution in [2.75, 3.05) is 36.5 Å². The van der Waals surface area contributed by atoms with E-state index in [1.54, 1.807) is 4.68 Å². The smallest absolute Gasteiger partial charge is 0.258 e. The number of ether oxygens (including phenoxy) is 1. The number of benzene rings is 2. The largest absolute Gasteiger partial charge is 0.378 e. The molecule has 0 atom stereocenters. The number of hydrogen-bond acceptors (Lipinski definition) is 4. The SMILES string of the molecule is Cc1nn(C)c(NC(=O)c2ccccc2N2CCOCC2)c1-c1ccccc1. The lowest BCUT2D eigenvalue weighted by Crippen LogP contribution is -2.37. The number of para-hydroxylation sites is 1. The number of carbonyl (C=O) groups excluding carboxylic acids is 1. The summed E-state index contributed by atoms with van der Waals surface area (Å²) < 4.78 is 7.18. The highest BCUT2D eigenvalue weighted by molar-refractivity contribution is 6.09. The highest BCUT2D eigenvalue weighted by Crippen LogP contribution is 2.32. The summed E-state index contributed by atoms with van der Waals surface area (Å²) in [6.07, 6.45) is 0. The van der Waals surface area contributed by atoms with Crippen molar-refractivity contribution in [3.8, 4) is 11.1 Å². The monoisotopic (exact) mass is 376 g/mol. The van der Waals surface area contributed by atoms with Gasteiger partial charge in [0.05, 0.1) is 24.5 Å². The van der Waals surface area contributed by atoms with Crippen LogP contribution in [0.15, 0.2) is 54.6 Å². The predicted octanol–water partition coefficient (Wildman–Crippen LogP) is 3.48. The molecular weight excluding hydrogens is 352 g/mol. The van der Waals surface area contributed by atoms with Crippen molar-refractivity contribution in [3.05, 3.63) is 65.9 Å². The highest BCUT2D eigenvalue weighted by Gasteiger charge is 2.22. The molecule has 28 heavy (non-hydrogen) atoms. The van der Waals surface area contributed by atoms with Gasteiger partial charge in [-0.15, -0.1) is 0 Å². The second-order valence-electron chi connectivity index (χ2n) is 6.87. The maximum atomic E-state index is 13.2. The van der Waals surface area contributed by atoms with Crippen LogP contribution in [0.2, 0.25) is 0 Å². The molecule has 0 unspecified atom stereocenters. The van der Waals surface area contributed by atoms with Gasteiger partial charge in [0.2, 0.25) is 0 Å². The van der Waals surface area contributed by atoms with Gasteiger partial charge in [0.15, 0.2) is 0 Å². The standard InChI is InChI=1S/C22H24N4O2/c1-16-20(17-8-4-3-5-9-17)21(25(2)24-16)23-22(27)18-10-6-7-11-19(18)26-12-14-28-15-13-26/h3-11H,12-15H2,1-2H3,(H,23,27). The number of carbonyl (C=O) groups is 1. The zero-order valence-corrected chi connectivity index (χ0v) is 16.2. The molecule has 0 bridgehead atoms. The van der Waals surface area contributed by atoms with E-state index in [1.807, 2.05) is 68.6 Å². The number of anilines is 2. The first kappa shape index (κ1) is 18.3. The molecule has 1 aliphatic heterocycles. The van der Waals surface area contributed by atoms with Crippen LogP contribution in [0.5, 0.6) is 0 Å². The number of nitrogens with one attached hydrogen (secondary N) is 1. The van der Waals surface area contributed by atoms with Crippen LogP contribution in [0.25, 0.3) is 11.1 Å². The molecule has 0 aliphatic carbocycles. The van der Waals surface area contributed by atoms with E-state index in [0.29, 0.717) is 24.6 Å². The molecule has 1 amide bonds. The Hall–Kier alpha value is -3.12. The number of aryl methyl sites for hydroxylation is 2. The van der Waals surface area contributed by atoms with Crippen LogP contribution in [-0.2, 0) is 11.8 Å². The van der Waals surface area contributed by atoms with Crippen molar-refractivity contribution < 1.29 is 9.53 Å². The van der Waals surface area contributed by atoms with E-state index in [0.717, 1.165) is 35.6 Å². The molecule has 2 heterocycles. The fourth-order valence-electron chi connectivity index (χ4n) is 3.67. The van der Waals surface area contributed by atoms with Crippen LogP contribution in [0.4, 0.5) is 11.5 Å². The molecule has 3 aromatic rings. The Morgan fingerprint density at radius 2 is 1.71 bits per heavy atom. The minimum absolute atomic E-state index is 0.137. The quantitative estimate of drug-likeness (QED) is 0.757. The van der Waals surface area contributed by atoms with Crippen LogP contribution < -0.4 is 10.2 Å². The van der Waals surface area contributed by atoms with Gasteiger partial charge < -0.3 is 15.0 Å². The Labute approximate surface area is 164 Å². The molecule has 0 radical (unpaired) electrons. The van der Waals surface area contributed by atoms with Crippen molar-refractivity contribution in [3.63, 3.8) is 0 Å². The van der Waals surface area contributed by atoms with Gasteiger partial charge in [-0.25, -0.2) is 0 Å². The van der Waals surface area contributed by atoms with E-state index in [4.69, 9.17) is 4.74 Å². The number of nitrogens with zero attached hydrogens (tertiary/aromatic N) is 3. The first-order valence-corrected chi connectivity index (χ1v) is 9.47. The lowest BCUT2D eigenvalue weighted by molar-refractivity contribution is 0.102. The van der Waals surface area contributed by atoms with Gasteiger partial charge in [-0.3, -0.25) is 9.48 Å². The number of hydrogen-bond donors (Lipinski definition) is 1. The lowest BCUT2D eigenvalue weighted by atomic mass is 10.1. The van der Waals surface area contributed by atoms with Crippen molar-refractivity contribution in [1.82, 2.24) is 9.78 Å². The van der Waals surface area contributed by atoms with E-state index in [-0.39, 0.29) is 5.91 Å². The Balaban J connectivity index is 1.67. The summed E-state index contributed by atoms with van der Waals surface area (Å²) in [5.41, 5.74) is 4.45. The van der Waals surface area contributed by atoms with Crippen LogP contribution in [0, 0.1) is 6.92 Å². The third-order valence-corrected chi connectivity index (χ3v) is 5.02. The van der Waals surface area contributed by atoms with Crippen LogP contribution >= 0.6 is 0 Å². The maximum Gasteiger partial charge on any atom is 0.258 e. The summed E-state index contributed by atoms with van der Waals surface area (Å²) in [7, 11) is 1.85. The molecule has 1 aliphatic rings. The van der Waals surface area contributed by atoms with Gasteiger partial charge in [0.1, 0.15) is 5.82 Å². The number of morpholine rings is 1. The fourth-order valence-corrected chi connectivity index (χ4v) is 3.67. The zero-order chi connectivity index (χ0) is 19.5. The normalized spacial score (nSPS) is 14.1. The van der Waals surface area contributed by atoms with Crippen molar-refractivity contribution in [2.45, 2.75) is 6.92 Å². The highest BCUT2D eigenvalue weighted by atomic mass is 16.5. The molecule has 4 rings (SSSR count). The summed E-state index contributed by atoms with van der Waals surface area (Å²) in [5, 5.41) is 7.62. The average molecular weight is 376 g/mol. The topological polar surface area (TPSA) is 59.4 Å². The molecule has 1 saturated heterocycles. The molecule has 1 fully saturated rings. The molecular formula is C22H24N4O2. The fraction of sp³-hybridized carbons (Fsp3) is 0.273. The third-order valence-electron chi connectivity index (χ3n) is 5.02. The Bertz CT molecular complexity index is 975. The lowest BCUT2D eigenvalue weighted by Gasteiger charge is -2.30. The van der Waals surface area contributed by atoms with E-state index in [2.05, 4.69) is 15.3 Å². The molecule has 6 nitrogen and oxygen atoms in total. The van der Waals surface area contributed by atoms with E-state index >= 15 is 0 Å². The second kappa shape index (κ2) is 7.86. The van der Waals surface area contributed by atoms with Crippen molar-refractivity contribution >= 4 is 17.4 Å². The van der Waals surface area contributed by atoms with Gasteiger partial charge in [-0.1, -0.05) is 42.5 Å². The van der Waals surface area contributed by atoms with Crippen molar-refractivity contribution in [2.24, 2.45) is 7.05 Å². The Morgan fingerprint density at radius 3 is 2.46 bits per heavy atom. The molecule has 1 N–H and O–H groups in total. The Kier molecular flexibility index (Phi) is 5.12. The first-order valence-electron chi connectivity index (χ1n) is 9.47. The molecule has 0 spiro atoms. The average Bonchev–Trinajstić information content (AvgIpc) is 3.02. The predicted molar refractivity (Wildman–Crippen MR) is 111 cm³/mol. The van der Waals surface area contributed by atoms with Crippen LogP contribution in [-0.4, -0.2) is 42.0 Å². The number of rotatable bonds is 4. The van der Waals surface area contributed by atoms with Crippen molar-refractivity contribution in [1.29, 1.82) is 0 Å². The molecule has 144 valence electrons. The summed E-state index contributed by atoms with van der Waals surface area (Å²) >= 11 is 0. The number of amides is 1. The maximum absolute atomic E-state index is 13.2. The molecule has 0 saturated carbocycles.